The molecule has 1 amide bonds. The predicted molar refractivity (Wildman–Crippen MR) is 112 cm³/mol. The second-order valence-corrected chi connectivity index (χ2v) is 8.32. The maximum atomic E-state index is 12.6. The van der Waals surface area contributed by atoms with Gasteiger partial charge >= 0.3 is 0 Å². The Morgan fingerprint density at radius 3 is 2.57 bits per heavy atom. The molecule has 1 heterocycles. The van der Waals surface area contributed by atoms with Crippen LogP contribution in [0, 0.1) is 0 Å². The zero-order valence-electron chi connectivity index (χ0n) is 15.9. The molecule has 1 aliphatic rings. The van der Waals surface area contributed by atoms with Crippen molar-refractivity contribution >= 4 is 33.0 Å². The van der Waals surface area contributed by atoms with Gasteiger partial charge in [0.2, 0.25) is 5.91 Å². The molecular formula is C21H23N3O3S. The number of carbonyl (C=O) groups excluding carboxylic acids is 1. The molecule has 1 saturated heterocycles. The molecule has 1 fully saturated rings. The first-order valence-corrected chi connectivity index (χ1v) is 10.5. The van der Waals surface area contributed by atoms with Gasteiger partial charge in [0.25, 0.3) is 10.0 Å². The normalized spacial score (nSPS) is 16.4. The molecule has 0 radical (unpaired) electrons. The minimum absolute atomic E-state index is 0.0573. The monoisotopic (exact) mass is 397 g/mol. The zero-order chi connectivity index (χ0) is 20.1. The van der Waals surface area contributed by atoms with Gasteiger partial charge in [-0.15, -0.1) is 4.40 Å². The average Bonchev–Trinajstić information content (AvgIpc) is 3.06. The Morgan fingerprint density at radius 1 is 1.14 bits per heavy atom. The summed E-state index contributed by atoms with van der Waals surface area (Å²) in [5.74, 6) is 0.244. The number of amides is 1. The number of amidine groups is 1. The summed E-state index contributed by atoms with van der Waals surface area (Å²) in [6, 6.07) is 15.7. The second-order valence-electron chi connectivity index (χ2n) is 6.72. The third-order valence-electron chi connectivity index (χ3n) is 4.54. The molecule has 0 spiro atoms. The summed E-state index contributed by atoms with van der Waals surface area (Å²) in [5.41, 5.74) is 2.17. The summed E-state index contributed by atoms with van der Waals surface area (Å²) < 4.78 is 29.1. The molecule has 0 aromatic heterocycles. The van der Waals surface area contributed by atoms with Crippen molar-refractivity contribution in [3.8, 4) is 0 Å². The molecule has 0 bridgehead atoms. The van der Waals surface area contributed by atoms with Crippen molar-refractivity contribution in [1.29, 1.82) is 0 Å². The number of rotatable bonds is 5. The van der Waals surface area contributed by atoms with Gasteiger partial charge < -0.3 is 10.2 Å². The number of allylic oxidation sites excluding steroid dienone is 1. The van der Waals surface area contributed by atoms with Crippen molar-refractivity contribution in [2.24, 2.45) is 4.40 Å². The Labute approximate surface area is 165 Å². The molecular weight excluding hydrogens is 374 g/mol. The van der Waals surface area contributed by atoms with Gasteiger partial charge in [-0.2, -0.15) is 8.42 Å². The van der Waals surface area contributed by atoms with Gasteiger partial charge in [0.05, 0.1) is 4.90 Å². The van der Waals surface area contributed by atoms with E-state index in [9.17, 15) is 13.2 Å². The lowest BCUT2D eigenvalue weighted by atomic mass is 10.1. The average molecular weight is 398 g/mol. The topological polar surface area (TPSA) is 78.8 Å². The van der Waals surface area contributed by atoms with Crippen molar-refractivity contribution in [3.63, 3.8) is 0 Å². The summed E-state index contributed by atoms with van der Waals surface area (Å²) in [6.07, 6.45) is 3.04. The lowest BCUT2D eigenvalue weighted by Crippen LogP contribution is -2.20. The van der Waals surface area contributed by atoms with E-state index < -0.39 is 10.0 Å². The highest BCUT2D eigenvalue weighted by Crippen LogP contribution is 2.20. The Kier molecular flexibility index (Phi) is 5.94. The van der Waals surface area contributed by atoms with Crippen LogP contribution in [0.5, 0.6) is 0 Å². The lowest BCUT2D eigenvalue weighted by molar-refractivity contribution is -0.111. The smallest absolute Gasteiger partial charge is 0.284 e. The van der Waals surface area contributed by atoms with Gasteiger partial charge in [-0.3, -0.25) is 4.79 Å². The Hall–Kier alpha value is -2.93. The molecule has 28 heavy (non-hydrogen) atoms. The first-order valence-electron chi connectivity index (χ1n) is 9.05. The van der Waals surface area contributed by atoms with E-state index in [2.05, 4.69) is 9.71 Å². The molecule has 6 nitrogen and oxygen atoms in total. The maximum Gasteiger partial charge on any atom is 0.284 e. The summed E-state index contributed by atoms with van der Waals surface area (Å²) in [4.78, 5) is 14.2. The van der Waals surface area contributed by atoms with Gasteiger partial charge in [0.1, 0.15) is 5.84 Å². The molecule has 3 rings (SSSR count). The highest BCUT2D eigenvalue weighted by molar-refractivity contribution is 7.90. The molecule has 0 aliphatic carbocycles. The quantitative estimate of drug-likeness (QED) is 0.783. The molecule has 0 unspecified atom stereocenters. The van der Waals surface area contributed by atoms with Gasteiger partial charge in [-0.25, -0.2) is 0 Å². The summed E-state index contributed by atoms with van der Waals surface area (Å²) in [6.45, 7) is 2.65. The van der Waals surface area contributed by atoms with Crippen LogP contribution in [0.15, 0.2) is 70.0 Å². The number of nitrogens with one attached hydrogen (secondary N) is 1. The third-order valence-corrected chi connectivity index (χ3v) is 5.84. The molecule has 7 heteroatoms. The first kappa shape index (κ1) is 19.8. The standard InChI is InChI=1S/C21H23N3O3S/c1-16(17-8-4-3-5-9-17)14-21(25)22-18-10-6-11-19(15-18)28(26,27)23-20-12-7-13-24(20)2/h3-6,8-11,14-15H,7,12-13H2,1-2H3,(H,22,25). The number of likely N-dealkylation sites (tertiary alicyclic amines) is 1. The Morgan fingerprint density at radius 2 is 1.89 bits per heavy atom. The van der Waals surface area contributed by atoms with Gasteiger partial charge in [0, 0.05) is 31.8 Å². The number of carbonyl (C=O) groups is 1. The van der Waals surface area contributed by atoms with Gasteiger partial charge in [-0.1, -0.05) is 36.4 Å². The fourth-order valence-electron chi connectivity index (χ4n) is 2.99. The van der Waals surface area contributed by atoms with Crippen molar-refractivity contribution in [2.45, 2.75) is 24.7 Å². The van der Waals surface area contributed by atoms with E-state index in [1.54, 1.807) is 12.1 Å². The number of sulfonamides is 1. The number of benzene rings is 2. The molecule has 0 saturated carbocycles. The Bertz CT molecular complexity index is 1030. The molecule has 2 aromatic rings. The SMILES string of the molecule is CC(=CC(=O)Nc1cccc(S(=O)(=O)N=C2CCCN2C)c1)c1ccccc1. The summed E-state index contributed by atoms with van der Waals surface area (Å²) >= 11 is 0. The highest BCUT2D eigenvalue weighted by atomic mass is 32.2. The van der Waals surface area contributed by atoms with Crippen molar-refractivity contribution in [1.82, 2.24) is 4.90 Å². The van der Waals surface area contributed by atoms with Gasteiger partial charge in [0.15, 0.2) is 0 Å². The summed E-state index contributed by atoms with van der Waals surface area (Å²) in [5, 5.41) is 2.72. The van der Waals surface area contributed by atoms with E-state index in [1.165, 1.54) is 18.2 Å². The molecule has 1 N–H and O–H groups in total. The fraction of sp³-hybridized carbons (Fsp3) is 0.238. The molecule has 1 aliphatic heterocycles. The van der Waals surface area contributed by atoms with Crippen LogP contribution in [0.2, 0.25) is 0 Å². The van der Waals surface area contributed by atoms with Crippen LogP contribution >= 0.6 is 0 Å². The van der Waals surface area contributed by atoms with Crippen LogP contribution in [-0.2, 0) is 14.8 Å². The minimum atomic E-state index is -3.82. The Balaban J connectivity index is 1.77. The fourth-order valence-corrected chi connectivity index (χ4v) is 4.13. The summed E-state index contributed by atoms with van der Waals surface area (Å²) in [7, 11) is -1.99. The van der Waals surface area contributed by atoms with Crippen LogP contribution in [0.25, 0.3) is 5.57 Å². The highest BCUT2D eigenvalue weighted by Gasteiger charge is 2.20. The van der Waals surface area contributed by atoms with Crippen LogP contribution in [0.1, 0.15) is 25.3 Å². The van der Waals surface area contributed by atoms with E-state index >= 15 is 0 Å². The van der Waals surface area contributed by atoms with Crippen molar-refractivity contribution in [2.75, 3.05) is 18.9 Å². The van der Waals surface area contributed by atoms with E-state index in [1.807, 2.05) is 49.2 Å². The van der Waals surface area contributed by atoms with E-state index in [-0.39, 0.29) is 10.8 Å². The molecule has 2 aromatic carbocycles. The van der Waals surface area contributed by atoms with Crippen LogP contribution < -0.4 is 5.32 Å². The largest absolute Gasteiger partial charge is 0.362 e. The van der Waals surface area contributed by atoms with Crippen LogP contribution in [0.3, 0.4) is 0 Å². The van der Waals surface area contributed by atoms with Crippen molar-refractivity contribution < 1.29 is 13.2 Å². The predicted octanol–water partition coefficient (Wildman–Crippen LogP) is 3.54. The van der Waals surface area contributed by atoms with E-state index in [4.69, 9.17) is 0 Å². The second kappa shape index (κ2) is 8.39. The molecule has 146 valence electrons. The number of hydrogen-bond acceptors (Lipinski definition) is 3. The van der Waals surface area contributed by atoms with E-state index in [0.717, 1.165) is 24.1 Å². The molecule has 0 atom stereocenters. The number of hydrogen-bond donors (Lipinski definition) is 1. The van der Waals surface area contributed by atoms with Crippen LogP contribution in [0.4, 0.5) is 5.69 Å². The third kappa shape index (κ3) is 4.86. The zero-order valence-corrected chi connectivity index (χ0v) is 16.7. The van der Waals surface area contributed by atoms with Crippen LogP contribution in [-0.4, -0.2) is 38.7 Å². The van der Waals surface area contributed by atoms with E-state index in [0.29, 0.717) is 17.9 Å². The number of anilines is 1. The maximum absolute atomic E-state index is 12.6. The van der Waals surface area contributed by atoms with Gasteiger partial charge in [-0.05, 0) is 42.7 Å². The first-order chi connectivity index (χ1) is 13.3. The lowest BCUT2D eigenvalue weighted by Gasteiger charge is -2.11. The van der Waals surface area contributed by atoms with Crippen molar-refractivity contribution in [3.05, 3.63) is 66.2 Å². The number of nitrogens with zero attached hydrogens (tertiary/aromatic N) is 2. The minimum Gasteiger partial charge on any atom is -0.362 e.